The second kappa shape index (κ2) is 5.31. The Bertz CT molecular complexity index is 581. The van der Waals surface area contributed by atoms with Crippen molar-refractivity contribution in [2.75, 3.05) is 0 Å². The second-order valence-electron chi connectivity index (χ2n) is 3.37. The van der Waals surface area contributed by atoms with E-state index in [9.17, 15) is 18.0 Å². The van der Waals surface area contributed by atoms with E-state index in [0.29, 0.717) is 0 Å². The molecule has 0 spiro atoms. The fourth-order valence-corrected chi connectivity index (χ4v) is 1.36. The molecule has 0 aliphatic carbocycles. The van der Waals surface area contributed by atoms with Crippen molar-refractivity contribution < 1.29 is 39.9 Å². The minimum atomic E-state index is -4.90. The third-order valence-electron chi connectivity index (χ3n) is 2.11. The summed E-state index contributed by atoms with van der Waals surface area (Å²) in [5.74, 6) is -3.76. The smallest absolute Gasteiger partial charge is 0.452 e. The first-order valence-corrected chi connectivity index (χ1v) is 4.76. The second-order valence-corrected chi connectivity index (χ2v) is 3.37. The highest BCUT2D eigenvalue weighted by atomic mass is 35.5. The van der Waals surface area contributed by atoms with Gasteiger partial charge in [-0.05, 0) is 12.1 Å². The van der Waals surface area contributed by atoms with Gasteiger partial charge in [-0.3, -0.25) is 0 Å². The van der Waals surface area contributed by atoms with E-state index in [1.807, 2.05) is 0 Å². The van der Waals surface area contributed by atoms with Crippen LogP contribution in [0.4, 0.5) is 13.2 Å². The van der Waals surface area contributed by atoms with Crippen molar-refractivity contribution in [3.8, 4) is 11.5 Å². The maximum absolute atomic E-state index is 12.5. The van der Waals surface area contributed by atoms with E-state index in [4.69, 9.17) is 5.11 Å². The topological polar surface area (TPSA) is 63.3 Å². The van der Waals surface area contributed by atoms with E-state index in [1.54, 1.807) is 18.2 Å². The zero-order valence-corrected chi connectivity index (χ0v) is 9.87. The Morgan fingerprint density at radius 2 is 1.79 bits per heavy atom. The van der Waals surface area contributed by atoms with Crippen LogP contribution in [0.1, 0.15) is 16.2 Å². The molecule has 4 nitrogen and oxygen atoms in total. The predicted octanol–water partition coefficient (Wildman–Crippen LogP) is 0.0626. The van der Waals surface area contributed by atoms with Crippen molar-refractivity contribution in [3.63, 3.8) is 0 Å². The lowest BCUT2D eigenvalue weighted by atomic mass is 10.2. The molecule has 1 heterocycles. The number of alkyl halides is 3. The zero-order chi connectivity index (χ0) is 13.3. The largest absolute Gasteiger partial charge is 1.00 e. The summed E-state index contributed by atoms with van der Waals surface area (Å²) < 4.78 is 42.1. The fraction of sp³-hybridized carbons (Fsp3) is 0.0909. The number of carbonyl (C=O) groups is 1. The van der Waals surface area contributed by atoms with Crippen LogP contribution in [0.5, 0.6) is 0 Å². The third kappa shape index (κ3) is 3.05. The highest BCUT2D eigenvalue weighted by Gasteiger charge is 2.41. The molecule has 0 bridgehead atoms. The first-order valence-electron chi connectivity index (χ1n) is 4.76. The molecule has 2 aromatic rings. The summed E-state index contributed by atoms with van der Waals surface area (Å²) in [4.78, 5) is 14.1. The number of oxazole rings is 1. The van der Waals surface area contributed by atoms with Gasteiger partial charge in [-0.1, -0.05) is 18.2 Å². The average Bonchev–Trinajstić information content (AvgIpc) is 2.74. The summed E-state index contributed by atoms with van der Waals surface area (Å²) in [6.07, 6.45) is -4.90. The maximum atomic E-state index is 12.5. The van der Waals surface area contributed by atoms with Crippen molar-refractivity contribution in [1.29, 1.82) is 0 Å². The van der Waals surface area contributed by atoms with E-state index in [2.05, 4.69) is 9.40 Å². The maximum Gasteiger partial charge on any atom is 0.452 e. The normalized spacial score (nSPS) is 10.9. The van der Waals surface area contributed by atoms with Gasteiger partial charge < -0.3 is 21.9 Å². The summed E-state index contributed by atoms with van der Waals surface area (Å²) in [5.41, 5.74) is -0.864. The first kappa shape index (κ1) is 15.0. The lowest BCUT2D eigenvalue weighted by Crippen LogP contribution is -3.00. The fourth-order valence-electron chi connectivity index (χ4n) is 1.36. The van der Waals surface area contributed by atoms with Gasteiger partial charge in [0.25, 0.3) is 0 Å². The number of benzene rings is 1. The molecular formula is C11H6ClF3NO3-. The summed E-state index contributed by atoms with van der Waals surface area (Å²) >= 11 is 0. The van der Waals surface area contributed by atoms with Gasteiger partial charge >= 0.3 is 12.1 Å². The number of hydrogen-bond donors (Lipinski definition) is 1. The summed E-state index contributed by atoms with van der Waals surface area (Å²) in [5, 5.41) is 8.67. The number of carboxylic acids is 1. The van der Waals surface area contributed by atoms with Crippen molar-refractivity contribution in [1.82, 2.24) is 4.98 Å². The van der Waals surface area contributed by atoms with Crippen molar-refractivity contribution >= 4 is 5.97 Å². The van der Waals surface area contributed by atoms with Gasteiger partial charge in [-0.2, -0.15) is 13.2 Å². The Morgan fingerprint density at radius 1 is 1.21 bits per heavy atom. The molecule has 1 N–H and O–H groups in total. The molecule has 0 saturated heterocycles. The Kier molecular flexibility index (Phi) is 4.21. The van der Waals surface area contributed by atoms with Crippen LogP contribution in [0.15, 0.2) is 34.7 Å². The number of halogens is 4. The van der Waals surface area contributed by atoms with Gasteiger partial charge in [0.15, 0.2) is 5.69 Å². The van der Waals surface area contributed by atoms with Crippen LogP contribution in [-0.4, -0.2) is 16.1 Å². The van der Waals surface area contributed by atoms with Crippen molar-refractivity contribution in [2.24, 2.45) is 0 Å². The summed E-state index contributed by atoms with van der Waals surface area (Å²) in [6, 6.07) is 7.75. The van der Waals surface area contributed by atoms with Gasteiger partial charge in [-0.25, -0.2) is 9.78 Å². The number of rotatable bonds is 2. The molecule has 0 aliphatic heterocycles. The van der Waals surface area contributed by atoms with Crippen LogP contribution in [0, 0.1) is 0 Å². The standard InChI is InChI=1S/C11H6F3NO3.ClH/c12-11(13,14)8-7(10(16)17)15-9(18-8)6-4-2-1-3-5-6;/h1-5H,(H,16,17);1H/p-1. The van der Waals surface area contributed by atoms with Gasteiger partial charge in [0.05, 0.1) is 0 Å². The summed E-state index contributed by atoms with van der Waals surface area (Å²) in [7, 11) is 0. The van der Waals surface area contributed by atoms with Crippen molar-refractivity contribution in [2.45, 2.75) is 6.18 Å². The molecule has 8 heteroatoms. The molecule has 2 rings (SSSR count). The number of aromatic carboxylic acids is 1. The van der Waals surface area contributed by atoms with Crippen LogP contribution in [0.25, 0.3) is 11.5 Å². The Hall–Kier alpha value is -2.02. The number of nitrogens with zero attached hydrogens (tertiary/aromatic N) is 1. The van der Waals surface area contributed by atoms with Crippen molar-refractivity contribution in [3.05, 3.63) is 41.8 Å². The molecule has 0 fully saturated rings. The molecule has 0 saturated carbocycles. The minimum absolute atomic E-state index is 0. The number of aromatic nitrogens is 1. The zero-order valence-electron chi connectivity index (χ0n) is 9.11. The minimum Gasteiger partial charge on any atom is -1.00 e. The predicted molar refractivity (Wildman–Crippen MR) is 53.9 cm³/mol. The molecule has 19 heavy (non-hydrogen) atoms. The van der Waals surface area contributed by atoms with Gasteiger partial charge in [-0.15, -0.1) is 0 Å². The highest BCUT2D eigenvalue weighted by molar-refractivity contribution is 5.87. The van der Waals surface area contributed by atoms with Crippen LogP contribution in [0.2, 0.25) is 0 Å². The number of hydrogen-bond acceptors (Lipinski definition) is 3. The van der Waals surface area contributed by atoms with E-state index in [0.717, 1.165) is 0 Å². The average molecular weight is 293 g/mol. The molecule has 0 unspecified atom stereocenters. The quantitative estimate of drug-likeness (QED) is 0.850. The molecule has 1 aromatic carbocycles. The van der Waals surface area contributed by atoms with E-state index < -0.39 is 23.6 Å². The third-order valence-corrected chi connectivity index (χ3v) is 2.11. The van der Waals surface area contributed by atoms with E-state index in [1.165, 1.54) is 12.1 Å². The van der Waals surface area contributed by atoms with E-state index >= 15 is 0 Å². The SMILES string of the molecule is O=C(O)c1nc(-c2ccccc2)oc1C(F)(F)F.[Cl-]. The van der Waals surface area contributed by atoms with E-state index in [-0.39, 0.29) is 23.9 Å². The molecule has 0 aliphatic rings. The molecule has 1 aromatic heterocycles. The summed E-state index contributed by atoms with van der Waals surface area (Å²) in [6.45, 7) is 0. The van der Waals surface area contributed by atoms with Gasteiger partial charge in [0.2, 0.25) is 11.7 Å². The van der Waals surface area contributed by atoms with Crippen LogP contribution < -0.4 is 12.4 Å². The Balaban J connectivity index is 0.00000180. The molecule has 0 atom stereocenters. The van der Waals surface area contributed by atoms with Gasteiger partial charge in [0, 0.05) is 5.56 Å². The Morgan fingerprint density at radius 3 is 2.21 bits per heavy atom. The highest BCUT2D eigenvalue weighted by Crippen LogP contribution is 2.35. The molecule has 0 radical (unpaired) electrons. The van der Waals surface area contributed by atoms with Gasteiger partial charge in [0.1, 0.15) is 0 Å². The lowest BCUT2D eigenvalue weighted by molar-refractivity contribution is -0.153. The van der Waals surface area contributed by atoms with Crippen LogP contribution in [-0.2, 0) is 6.18 Å². The molecule has 0 amide bonds. The Labute approximate surface area is 111 Å². The molecule has 102 valence electrons. The monoisotopic (exact) mass is 292 g/mol. The molecular weight excluding hydrogens is 287 g/mol. The van der Waals surface area contributed by atoms with Crippen LogP contribution in [0.3, 0.4) is 0 Å². The lowest BCUT2D eigenvalue weighted by Gasteiger charge is -2.01. The first-order chi connectivity index (χ1) is 8.39. The number of carboxylic acid groups (broad SMARTS) is 1. The van der Waals surface area contributed by atoms with Crippen LogP contribution >= 0.6 is 0 Å².